The second-order valence-electron chi connectivity index (χ2n) is 4.19. The first kappa shape index (κ1) is 14.1. The fourth-order valence-corrected chi connectivity index (χ4v) is 1.66. The Balaban J connectivity index is 2.40. The molecule has 96 valence electrons. The molecule has 0 aliphatic carbocycles. The lowest BCUT2D eigenvalue weighted by atomic mass is 10.2. The molecule has 0 spiro atoms. The van der Waals surface area contributed by atoms with E-state index < -0.39 is 0 Å². The summed E-state index contributed by atoms with van der Waals surface area (Å²) in [6.45, 7) is 4.93. The van der Waals surface area contributed by atoms with Crippen LogP contribution in [0.25, 0.3) is 0 Å². The summed E-state index contributed by atoms with van der Waals surface area (Å²) in [5.41, 5.74) is 0. The van der Waals surface area contributed by atoms with Crippen LogP contribution in [0.2, 0.25) is 0 Å². The predicted molar refractivity (Wildman–Crippen MR) is 73.1 cm³/mol. The van der Waals surface area contributed by atoms with Gasteiger partial charge in [-0.1, -0.05) is 6.42 Å². The van der Waals surface area contributed by atoms with Crippen molar-refractivity contribution in [3.63, 3.8) is 0 Å². The third-order valence-corrected chi connectivity index (χ3v) is 2.50. The standard InChI is InChI=1S/C13H21ClN2O/c1-11(2)17-12-7-6-10-16-13(12)15-9-5-3-4-8-14/h6-7,10-11H,3-5,8-9H2,1-2H3,(H,15,16). The van der Waals surface area contributed by atoms with E-state index in [1.807, 2.05) is 26.0 Å². The lowest BCUT2D eigenvalue weighted by Crippen LogP contribution is -2.10. The van der Waals surface area contributed by atoms with Gasteiger partial charge < -0.3 is 10.1 Å². The summed E-state index contributed by atoms with van der Waals surface area (Å²) in [5.74, 6) is 2.39. The lowest BCUT2D eigenvalue weighted by Gasteiger charge is -2.14. The van der Waals surface area contributed by atoms with Crippen molar-refractivity contribution in [2.75, 3.05) is 17.7 Å². The van der Waals surface area contributed by atoms with Gasteiger partial charge in [-0.3, -0.25) is 0 Å². The maximum atomic E-state index is 5.68. The molecular weight excluding hydrogens is 236 g/mol. The first-order valence-electron chi connectivity index (χ1n) is 6.15. The second-order valence-corrected chi connectivity index (χ2v) is 4.57. The zero-order chi connectivity index (χ0) is 12.5. The van der Waals surface area contributed by atoms with Crippen molar-refractivity contribution in [3.8, 4) is 5.75 Å². The van der Waals surface area contributed by atoms with Crippen molar-refractivity contribution >= 4 is 17.4 Å². The van der Waals surface area contributed by atoms with Crippen LogP contribution in [0.3, 0.4) is 0 Å². The predicted octanol–water partition coefficient (Wildman–Crippen LogP) is 3.69. The van der Waals surface area contributed by atoms with Crippen molar-refractivity contribution in [2.24, 2.45) is 0 Å². The number of nitrogens with one attached hydrogen (secondary N) is 1. The third kappa shape index (κ3) is 5.78. The average Bonchev–Trinajstić information content (AvgIpc) is 2.30. The number of nitrogens with zero attached hydrogens (tertiary/aromatic N) is 1. The van der Waals surface area contributed by atoms with Gasteiger partial charge in [0.25, 0.3) is 0 Å². The minimum absolute atomic E-state index is 0.163. The Hall–Kier alpha value is -0.960. The van der Waals surface area contributed by atoms with Gasteiger partial charge in [0.05, 0.1) is 6.10 Å². The molecule has 17 heavy (non-hydrogen) atoms. The van der Waals surface area contributed by atoms with E-state index in [4.69, 9.17) is 16.3 Å². The van der Waals surface area contributed by atoms with Crippen molar-refractivity contribution in [2.45, 2.75) is 39.2 Å². The number of ether oxygens (including phenoxy) is 1. The highest BCUT2D eigenvalue weighted by Gasteiger charge is 2.05. The number of aromatic nitrogens is 1. The Morgan fingerprint density at radius 3 is 2.88 bits per heavy atom. The number of unbranched alkanes of at least 4 members (excludes halogenated alkanes) is 2. The minimum atomic E-state index is 0.163. The van der Waals surface area contributed by atoms with Gasteiger partial charge in [0.2, 0.25) is 0 Å². The van der Waals surface area contributed by atoms with E-state index in [0.717, 1.165) is 43.3 Å². The zero-order valence-electron chi connectivity index (χ0n) is 10.6. The molecule has 0 aromatic carbocycles. The van der Waals surface area contributed by atoms with E-state index in [9.17, 15) is 0 Å². The van der Waals surface area contributed by atoms with Crippen LogP contribution in [0.15, 0.2) is 18.3 Å². The maximum absolute atomic E-state index is 5.68. The third-order valence-electron chi connectivity index (χ3n) is 2.24. The normalized spacial score (nSPS) is 10.6. The molecule has 0 bridgehead atoms. The molecule has 0 fully saturated rings. The van der Waals surface area contributed by atoms with Gasteiger partial charge in [-0.2, -0.15) is 0 Å². The Bertz CT molecular complexity index is 318. The molecule has 0 atom stereocenters. The summed E-state index contributed by atoms with van der Waals surface area (Å²) in [7, 11) is 0. The molecule has 1 rings (SSSR count). The lowest BCUT2D eigenvalue weighted by molar-refractivity contribution is 0.243. The molecule has 0 unspecified atom stereocenters. The summed E-state index contributed by atoms with van der Waals surface area (Å²) in [4.78, 5) is 4.29. The highest BCUT2D eigenvalue weighted by Crippen LogP contribution is 2.21. The van der Waals surface area contributed by atoms with E-state index in [1.165, 1.54) is 0 Å². The van der Waals surface area contributed by atoms with Crippen LogP contribution in [0.5, 0.6) is 5.75 Å². The minimum Gasteiger partial charge on any atom is -0.487 e. The monoisotopic (exact) mass is 256 g/mol. The maximum Gasteiger partial charge on any atom is 0.168 e. The Morgan fingerprint density at radius 1 is 1.35 bits per heavy atom. The number of hydrogen-bond acceptors (Lipinski definition) is 3. The van der Waals surface area contributed by atoms with Crippen LogP contribution < -0.4 is 10.1 Å². The first-order chi connectivity index (χ1) is 8.24. The highest BCUT2D eigenvalue weighted by atomic mass is 35.5. The molecule has 0 saturated carbocycles. The summed E-state index contributed by atoms with van der Waals surface area (Å²) < 4.78 is 5.68. The summed E-state index contributed by atoms with van der Waals surface area (Å²) in [6, 6.07) is 3.82. The van der Waals surface area contributed by atoms with Crippen molar-refractivity contribution in [1.29, 1.82) is 0 Å². The fourth-order valence-electron chi connectivity index (χ4n) is 1.48. The molecule has 0 aliphatic rings. The van der Waals surface area contributed by atoms with Crippen LogP contribution in [-0.4, -0.2) is 23.5 Å². The first-order valence-corrected chi connectivity index (χ1v) is 6.69. The number of hydrogen-bond donors (Lipinski definition) is 1. The van der Waals surface area contributed by atoms with Crippen LogP contribution >= 0.6 is 11.6 Å². The molecule has 0 amide bonds. The number of pyridine rings is 1. The summed E-state index contributed by atoms with van der Waals surface area (Å²) in [5, 5.41) is 3.30. The van der Waals surface area contributed by atoms with Gasteiger partial charge in [0.1, 0.15) is 0 Å². The molecule has 1 N–H and O–H groups in total. The smallest absolute Gasteiger partial charge is 0.168 e. The molecule has 1 aromatic heterocycles. The van der Waals surface area contributed by atoms with Gasteiger partial charge in [0, 0.05) is 18.6 Å². The SMILES string of the molecule is CC(C)Oc1cccnc1NCCCCCCl. The largest absolute Gasteiger partial charge is 0.487 e. The molecule has 0 saturated heterocycles. The molecule has 3 nitrogen and oxygen atoms in total. The van der Waals surface area contributed by atoms with E-state index >= 15 is 0 Å². The van der Waals surface area contributed by atoms with Crippen molar-refractivity contribution in [1.82, 2.24) is 4.98 Å². The molecule has 0 radical (unpaired) electrons. The average molecular weight is 257 g/mol. The van der Waals surface area contributed by atoms with Gasteiger partial charge in [-0.25, -0.2) is 4.98 Å². The second kappa shape index (κ2) is 8.18. The Labute approximate surface area is 109 Å². The highest BCUT2D eigenvalue weighted by molar-refractivity contribution is 6.17. The topological polar surface area (TPSA) is 34.1 Å². The fraction of sp³-hybridized carbons (Fsp3) is 0.615. The van der Waals surface area contributed by atoms with Crippen LogP contribution in [0.1, 0.15) is 33.1 Å². The van der Waals surface area contributed by atoms with E-state index in [1.54, 1.807) is 6.20 Å². The van der Waals surface area contributed by atoms with Gasteiger partial charge in [-0.15, -0.1) is 11.6 Å². The number of halogens is 1. The van der Waals surface area contributed by atoms with E-state index in [2.05, 4.69) is 10.3 Å². The van der Waals surface area contributed by atoms with Gasteiger partial charge in [0.15, 0.2) is 11.6 Å². The van der Waals surface area contributed by atoms with E-state index in [0.29, 0.717) is 0 Å². The van der Waals surface area contributed by atoms with Crippen molar-refractivity contribution in [3.05, 3.63) is 18.3 Å². The Kier molecular flexibility index (Phi) is 6.78. The molecule has 4 heteroatoms. The number of rotatable bonds is 8. The number of anilines is 1. The van der Waals surface area contributed by atoms with Gasteiger partial charge >= 0.3 is 0 Å². The molecular formula is C13H21ClN2O. The van der Waals surface area contributed by atoms with Crippen LogP contribution in [0, 0.1) is 0 Å². The molecule has 0 aliphatic heterocycles. The Morgan fingerprint density at radius 2 is 2.18 bits per heavy atom. The van der Waals surface area contributed by atoms with Gasteiger partial charge in [-0.05, 0) is 38.8 Å². The summed E-state index contributed by atoms with van der Waals surface area (Å²) in [6.07, 6.45) is 5.25. The van der Waals surface area contributed by atoms with Crippen LogP contribution in [0.4, 0.5) is 5.82 Å². The van der Waals surface area contributed by atoms with Crippen molar-refractivity contribution < 1.29 is 4.74 Å². The molecule has 1 aromatic rings. The zero-order valence-corrected chi connectivity index (χ0v) is 11.3. The van der Waals surface area contributed by atoms with E-state index in [-0.39, 0.29) is 6.10 Å². The molecule has 1 heterocycles. The quantitative estimate of drug-likeness (QED) is 0.569. The summed E-state index contributed by atoms with van der Waals surface area (Å²) >= 11 is 5.63. The number of alkyl halides is 1. The van der Waals surface area contributed by atoms with Crippen LogP contribution in [-0.2, 0) is 0 Å².